The van der Waals surface area contributed by atoms with E-state index < -0.39 is 5.82 Å². The molecule has 1 atom stereocenters. The van der Waals surface area contributed by atoms with Crippen molar-refractivity contribution in [3.8, 4) is 11.5 Å². The molecule has 2 nitrogen and oxygen atoms in total. The first-order valence-corrected chi connectivity index (χ1v) is 7.42. The lowest BCUT2D eigenvalue weighted by atomic mass is 10.0. The molecule has 0 radical (unpaired) electrons. The fourth-order valence-electron chi connectivity index (χ4n) is 1.86. The summed E-state index contributed by atoms with van der Waals surface area (Å²) in [6.45, 7) is 2.03. The van der Waals surface area contributed by atoms with Crippen molar-refractivity contribution in [3.63, 3.8) is 0 Å². The van der Waals surface area contributed by atoms with Gasteiger partial charge in [-0.3, -0.25) is 0 Å². The lowest BCUT2D eigenvalue weighted by Crippen LogP contribution is -2.21. The zero-order valence-corrected chi connectivity index (χ0v) is 13.1. The molecule has 5 heteroatoms. The number of hydrogen-bond acceptors (Lipinski definition) is 2. The van der Waals surface area contributed by atoms with Crippen LogP contribution in [-0.2, 0) is 6.42 Å². The molecule has 0 aliphatic heterocycles. The maximum atomic E-state index is 13.4. The van der Waals surface area contributed by atoms with E-state index in [1.54, 1.807) is 18.2 Å². The summed E-state index contributed by atoms with van der Waals surface area (Å²) in [5.41, 5.74) is 6.90. The third-order valence-corrected chi connectivity index (χ3v) is 3.82. The Kier molecular flexibility index (Phi) is 5.45. The maximum absolute atomic E-state index is 13.4. The Labute approximate surface area is 133 Å². The van der Waals surface area contributed by atoms with Crippen LogP contribution in [0.15, 0.2) is 36.4 Å². The Morgan fingerprint density at radius 3 is 2.38 bits per heavy atom. The Morgan fingerprint density at radius 1 is 1.10 bits per heavy atom. The monoisotopic (exact) mass is 327 g/mol. The number of ether oxygens (including phenoxy) is 1. The second-order valence-electron chi connectivity index (χ2n) is 4.80. The van der Waals surface area contributed by atoms with E-state index in [1.165, 1.54) is 12.1 Å². The number of rotatable bonds is 5. The second kappa shape index (κ2) is 7.12. The molecule has 0 saturated carbocycles. The summed E-state index contributed by atoms with van der Waals surface area (Å²) in [5.74, 6) is 0.382. The zero-order valence-electron chi connectivity index (χ0n) is 11.6. The van der Waals surface area contributed by atoms with Crippen LogP contribution < -0.4 is 10.5 Å². The molecule has 2 aromatic rings. The quantitative estimate of drug-likeness (QED) is 0.818. The van der Waals surface area contributed by atoms with Gasteiger partial charge in [0.15, 0.2) is 0 Å². The van der Waals surface area contributed by atoms with Gasteiger partial charge in [0.2, 0.25) is 0 Å². The first-order chi connectivity index (χ1) is 9.99. The predicted octanol–water partition coefficient (Wildman–Crippen LogP) is 5.20. The molecule has 0 heterocycles. The third kappa shape index (κ3) is 4.34. The molecular weight excluding hydrogens is 312 g/mol. The number of halogens is 3. The van der Waals surface area contributed by atoms with Crippen molar-refractivity contribution in [2.45, 2.75) is 25.8 Å². The van der Waals surface area contributed by atoms with Gasteiger partial charge >= 0.3 is 0 Å². The van der Waals surface area contributed by atoms with Crippen molar-refractivity contribution in [3.05, 3.63) is 57.8 Å². The van der Waals surface area contributed by atoms with Crippen molar-refractivity contribution >= 4 is 23.2 Å². The lowest BCUT2D eigenvalue weighted by molar-refractivity contribution is 0.476. The van der Waals surface area contributed by atoms with Crippen LogP contribution in [0.25, 0.3) is 0 Å². The van der Waals surface area contributed by atoms with Crippen LogP contribution in [0.4, 0.5) is 4.39 Å². The minimum absolute atomic E-state index is 0.0595. The molecule has 2 N–H and O–H groups in total. The van der Waals surface area contributed by atoms with Gasteiger partial charge in [0.1, 0.15) is 17.3 Å². The fourth-order valence-corrected chi connectivity index (χ4v) is 2.23. The first kappa shape index (κ1) is 16.1. The molecule has 0 fully saturated rings. The Balaban J connectivity index is 2.14. The molecule has 0 aliphatic rings. The average Bonchev–Trinajstić information content (AvgIpc) is 2.45. The number of nitrogens with two attached hydrogens (primary N) is 1. The Morgan fingerprint density at radius 2 is 1.76 bits per heavy atom. The van der Waals surface area contributed by atoms with Gasteiger partial charge in [-0.2, -0.15) is 0 Å². The van der Waals surface area contributed by atoms with Gasteiger partial charge in [-0.1, -0.05) is 36.2 Å². The van der Waals surface area contributed by atoms with Gasteiger partial charge in [0.05, 0.1) is 5.02 Å². The molecule has 0 aliphatic carbocycles. The molecule has 0 spiro atoms. The lowest BCUT2D eigenvalue weighted by Gasteiger charge is -2.12. The zero-order chi connectivity index (χ0) is 15.4. The normalized spacial score (nSPS) is 12.2. The van der Waals surface area contributed by atoms with E-state index in [2.05, 4.69) is 0 Å². The summed E-state index contributed by atoms with van der Waals surface area (Å²) in [5, 5.41) is 0.648. The average molecular weight is 328 g/mol. The van der Waals surface area contributed by atoms with Crippen LogP contribution in [0, 0.1) is 5.82 Å². The second-order valence-corrected chi connectivity index (χ2v) is 5.62. The Bertz CT molecular complexity index is 634. The highest BCUT2D eigenvalue weighted by molar-refractivity contribution is 6.31. The first-order valence-electron chi connectivity index (χ1n) is 6.66. The third-order valence-electron chi connectivity index (χ3n) is 3.16. The van der Waals surface area contributed by atoms with E-state index in [-0.39, 0.29) is 11.1 Å². The van der Waals surface area contributed by atoms with E-state index in [0.717, 1.165) is 12.0 Å². The van der Waals surface area contributed by atoms with Crippen molar-refractivity contribution in [1.82, 2.24) is 0 Å². The highest BCUT2D eigenvalue weighted by Gasteiger charge is 2.08. The van der Waals surface area contributed by atoms with Gasteiger partial charge < -0.3 is 10.5 Å². The van der Waals surface area contributed by atoms with Gasteiger partial charge in [-0.05, 0) is 42.7 Å². The van der Waals surface area contributed by atoms with Crippen LogP contribution in [0.3, 0.4) is 0 Å². The molecule has 0 aromatic heterocycles. The molecule has 0 amide bonds. The molecule has 0 saturated heterocycles. The van der Waals surface area contributed by atoms with E-state index in [4.69, 9.17) is 33.7 Å². The van der Waals surface area contributed by atoms with Crippen molar-refractivity contribution in [2.24, 2.45) is 5.73 Å². The number of hydrogen-bond donors (Lipinski definition) is 1. The highest BCUT2D eigenvalue weighted by Crippen LogP contribution is 2.29. The maximum Gasteiger partial charge on any atom is 0.145 e. The summed E-state index contributed by atoms with van der Waals surface area (Å²) in [6.07, 6.45) is 1.60. The van der Waals surface area contributed by atoms with Crippen LogP contribution >= 0.6 is 23.2 Å². The molecular formula is C16H16Cl2FNO. The van der Waals surface area contributed by atoms with E-state index in [9.17, 15) is 4.39 Å². The summed E-state index contributed by atoms with van der Waals surface area (Å²) in [6, 6.07) is 9.72. The van der Waals surface area contributed by atoms with Gasteiger partial charge in [-0.25, -0.2) is 4.39 Å². The fraction of sp³-hybridized carbons (Fsp3) is 0.250. The molecule has 2 rings (SSSR count). The molecule has 0 bridgehead atoms. The van der Waals surface area contributed by atoms with Crippen molar-refractivity contribution < 1.29 is 9.13 Å². The summed E-state index contributed by atoms with van der Waals surface area (Å²) >= 11 is 11.9. The topological polar surface area (TPSA) is 35.2 Å². The summed E-state index contributed by atoms with van der Waals surface area (Å²) < 4.78 is 18.9. The van der Waals surface area contributed by atoms with Crippen molar-refractivity contribution in [2.75, 3.05) is 0 Å². The summed E-state index contributed by atoms with van der Waals surface area (Å²) in [4.78, 5) is 0. The van der Waals surface area contributed by atoms with Crippen molar-refractivity contribution in [1.29, 1.82) is 0 Å². The summed E-state index contributed by atoms with van der Waals surface area (Å²) in [7, 11) is 0. The molecule has 112 valence electrons. The SMILES string of the molecule is CCC(N)Cc1ccc(Oc2ccc(Cl)c(F)c2)cc1Cl. The standard InChI is InChI=1S/C16H16Cl2FNO/c1-2-11(20)7-10-3-4-12(8-15(10)18)21-13-5-6-14(17)16(19)9-13/h3-6,8-9,11H,2,7,20H2,1H3. The predicted molar refractivity (Wildman–Crippen MR) is 84.9 cm³/mol. The van der Waals surface area contributed by atoms with Gasteiger partial charge in [-0.15, -0.1) is 0 Å². The minimum Gasteiger partial charge on any atom is -0.457 e. The van der Waals surface area contributed by atoms with E-state index in [1.807, 2.05) is 13.0 Å². The van der Waals surface area contributed by atoms with Crippen LogP contribution in [0.5, 0.6) is 11.5 Å². The molecule has 21 heavy (non-hydrogen) atoms. The molecule has 1 unspecified atom stereocenters. The van der Waals surface area contributed by atoms with Crippen LogP contribution in [0.2, 0.25) is 10.0 Å². The highest BCUT2D eigenvalue weighted by atomic mass is 35.5. The molecule has 2 aromatic carbocycles. The smallest absolute Gasteiger partial charge is 0.145 e. The van der Waals surface area contributed by atoms with Crippen LogP contribution in [0.1, 0.15) is 18.9 Å². The largest absolute Gasteiger partial charge is 0.457 e. The number of benzene rings is 2. The van der Waals surface area contributed by atoms with E-state index in [0.29, 0.717) is 22.9 Å². The van der Waals surface area contributed by atoms with E-state index >= 15 is 0 Å². The minimum atomic E-state index is -0.522. The van der Waals surface area contributed by atoms with Crippen LogP contribution in [-0.4, -0.2) is 6.04 Å². The Hall–Kier alpha value is -1.29. The van der Waals surface area contributed by atoms with Gasteiger partial charge in [0.25, 0.3) is 0 Å². The van der Waals surface area contributed by atoms with Gasteiger partial charge in [0, 0.05) is 17.1 Å².